The number of rotatable bonds is 3. The highest BCUT2D eigenvalue weighted by molar-refractivity contribution is 5.89. The Hall–Kier alpha value is -1.38. The van der Waals surface area contributed by atoms with Gasteiger partial charge in [-0.05, 0) is 31.9 Å². The van der Waals surface area contributed by atoms with Crippen molar-refractivity contribution >= 4 is 5.97 Å². The molecule has 3 nitrogen and oxygen atoms in total. The molecule has 0 N–H and O–H groups in total. The lowest BCUT2D eigenvalue weighted by molar-refractivity contribution is 0.0526. The van der Waals surface area contributed by atoms with Crippen LogP contribution in [0.5, 0.6) is 0 Å². The molecule has 0 spiro atoms. The van der Waals surface area contributed by atoms with E-state index in [2.05, 4.69) is 18.8 Å². The fraction of sp³-hybridized carbons (Fsp3) is 0.500. The van der Waals surface area contributed by atoms with Gasteiger partial charge in [-0.2, -0.15) is 0 Å². The number of carbonyl (C=O) groups is 1. The van der Waals surface area contributed by atoms with Crippen LogP contribution in [0.2, 0.25) is 0 Å². The largest absolute Gasteiger partial charge is 0.462 e. The van der Waals surface area contributed by atoms with Crippen molar-refractivity contribution in [3.05, 3.63) is 29.1 Å². The van der Waals surface area contributed by atoms with Crippen molar-refractivity contribution in [3.63, 3.8) is 0 Å². The first-order chi connectivity index (χ1) is 7.04. The summed E-state index contributed by atoms with van der Waals surface area (Å²) in [7, 11) is 0. The van der Waals surface area contributed by atoms with Gasteiger partial charge < -0.3 is 4.74 Å². The van der Waals surface area contributed by atoms with E-state index in [9.17, 15) is 4.79 Å². The molecule has 0 aliphatic heterocycles. The highest BCUT2D eigenvalue weighted by atomic mass is 16.5. The van der Waals surface area contributed by atoms with Gasteiger partial charge >= 0.3 is 5.97 Å². The zero-order valence-electron chi connectivity index (χ0n) is 9.70. The Morgan fingerprint density at radius 1 is 1.47 bits per heavy atom. The molecule has 82 valence electrons. The number of aromatic nitrogens is 1. The molecule has 0 fully saturated rings. The van der Waals surface area contributed by atoms with Crippen LogP contribution in [-0.4, -0.2) is 17.6 Å². The number of nitrogens with zero attached hydrogens (tertiary/aromatic N) is 1. The molecule has 0 aromatic carbocycles. The highest BCUT2D eigenvalue weighted by Gasteiger charge is 2.10. The molecule has 0 amide bonds. The molecule has 1 aromatic heterocycles. The summed E-state index contributed by atoms with van der Waals surface area (Å²) in [6.07, 6.45) is 0. The number of hydrogen-bond acceptors (Lipinski definition) is 3. The standard InChI is InChI=1S/C12H17NO2/c1-5-15-12(14)10-6-9(4)13-11(7-10)8(2)3/h6-8H,5H2,1-4H3. The monoisotopic (exact) mass is 207 g/mol. The zero-order chi connectivity index (χ0) is 11.4. The Kier molecular flexibility index (Phi) is 3.83. The van der Waals surface area contributed by atoms with Crippen LogP contribution in [0.3, 0.4) is 0 Å². The second-order valence-electron chi connectivity index (χ2n) is 3.80. The minimum absolute atomic E-state index is 0.273. The maximum Gasteiger partial charge on any atom is 0.338 e. The molecule has 0 saturated carbocycles. The molecule has 15 heavy (non-hydrogen) atoms. The summed E-state index contributed by atoms with van der Waals surface area (Å²) in [6.45, 7) is 8.19. The van der Waals surface area contributed by atoms with Crippen molar-refractivity contribution in [1.29, 1.82) is 0 Å². The number of carbonyl (C=O) groups excluding carboxylic acids is 1. The number of esters is 1. The van der Waals surface area contributed by atoms with Crippen LogP contribution in [0.4, 0.5) is 0 Å². The van der Waals surface area contributed by atoms with E-state index in [1.54, 1.807) is 19.1 Å². The fourth-order valence-corrected chi connectivity index (χ4v) is 1.32. The van der Waals surface area contributed by atoms with Crippen LogP contribution in [0.25, 0.3) is 0 Å². The predicted octanol–water partition coefficient (Wildman–Crippen LogP) is 2.69. The predicted molar refractivity (Wildman–Crippen MR) is 59.0 cm³/mol. The molecule has 0 aliphatic rings. The molecule has 1 rings (SSSR count). The Morgan fingerprint density at radius 3 is 2.67 bits per heavy atom. The van der Waals surface area contributed by atoms with Crippen LogP contribution < -0.4 is 0 Å². The first kappa shape index (κ1) is 11.7. The second kappa shape index (κ2) is 4.91. The van der Waals surface area contributed by atoms with Crippen molar-refractivity contribution in [3.8, 4) is 0 Å². The minimum Gasteiger partial charge on any atom is -0.462 e. The third-order valence-electron chi connectivity index (χ3n) is 2.08. The third-order valence-corrected chi connectivity index (χ3v) is 2.08. The molecule has 0 saturated heterocycles. The first-order valence-corrected chi connectivity index (χ1v) is 5.20. The van der Waals surface area contributed by atoms with E-state index >= 15 is 0 Å². The van der Waals surface area contributed by atoms with Gasteiger partial charge in [0.1, 0.15) is 0 Å². The van der Waals surface area contributed by atoms with Gasteiger partial charge in [0.2, 0.25) is 0 Å². The van der Waals surface area contributed by atoms with Gasteiger partial charge in [-0.3, -0.25) is 4.98 Å². The van der Waals surface area contributed by atoms with E-state index in [0.717, 1.165) is 11.4 Å². The topological polar surface area (TPSA) is 39.2 Å². The van der Waals surface area contributed by atoms with Gasteiger partial charge in [-0.1, -0.05) is 13.8 Å². The lowest BCUT2D eigenvalue weighted by atomic mass is 10.1. The summed E-state index contributed by atoms with van der Waals surface area (Å²) in [4.78, 5) is 15.9. The van der Waals surface area contributed by atoms with Crippen LogP contribution >= 0.6 is 0 Å². The Labute approximate surface area is 90.5 Å². The summed E-state index contributed by atoms with van der Waals surface area (Å²) in [5.74, 6) is 0.0444. The zero-order valence-corrected chi connectivity index (χ0v) is 9.70. The van der Waals surface area contributed by atoms with E-state index in [-0.39, 0.29) is 5.97 Å². The Balaban J connectivity index is 3.03. The molecule has 1 heterocycles. The van der Waals surface area contributed by atoms with Gasteiger partial charge in [0, 0.05) is 11.4 Å². The lowest BCUT2D eigenvalue weighted by Gasteiger charge is -2.08. The molecule has 0 bridgehead atoms. The van der Waals surface area contributed by atoms with E-state index in [0.29, 0.717) is 18.1 Å². The van der Waals surface area contributed by atoms with E-state index in [1.165, 1.54) is 0 Å². The SMILES string of the molecule is CCOC(=O)c1cc(C)nc(C(C)C)c1. The second-order valence-corrected chi connectivity index (χ2v) is 3.80. The highest BCUT2D eigenvalue weighted by Crippen LogP contribution is 2.15. The fourth-order valence-electron chi connectivity index (χ4n) is 1.32. The van der Waals surface area contributed by atoms with Crippen molar-refractivity contribution < 1.29 is 9.53 Å². The normalized spacial score (nSPS) is 10.5. The summed E-state index contributed by atoms with van der Waals surface area (Å²) in [5.41, 5.74) is 2.37. The minimum atomic E-state index is -0.273. The first-order valence-electron chi connectivity index (χ1n) is 5.20. The lowest BCUT2D eigenvalue weighted by Crippen LogP contribution is -2.07. The van der Waals surface area contributed by atoms with Gasteiger partial charge in [-0.15, -0.1) is 0 Å². The molecule has 0 aliphatic carbocycles. The van der Waals surface area contributed by atoms with E-state index in [1.807, 2.05) is 6.92 Å². The average Bonchev–Trinajstić information content (AvgIpc) is 2.17. The summed E-state index contributed by atoms with van der Waals surface area (Å²) in [6, 6.07) is 3.56. The van der Waals surface area contributed by atoms with Gasteiger partial charge in [0.05, 0.1) is 12.2 Å². The van der Waals surface area contributed by atoms with E-state index < -0.39 is 0 Å². The maximum absolute atomic E-state index is 11.5. The van der Waals surface area contributed by atoms with E-state index in [4.69, 9.17) is 4.74 Å². The molecule has 0 unspecified atom stereocenters. The number of aryl methyl sites for hydroxylation is 1. The van der Waals surface area contributed by atoms with Crippen LogP contribution in [-0.2, 0) is 4.74 Å². The Morgan fingerprint density at radius 2 is 2.13 bits per heavy atom. The average molecular weight is 207 g/mol. The molecule has 0 radical (unpaired) electrons. The molecule has 3 heteroatoms. The van der Waals surface area contributed by atoms with Crippen molar-refractivity contribution in [2.45, 2.75) is 33.6 Å². The van der Waals surface area contributed by atoms with Gasteiger partial charge in [0.15, 0.2) is 0 Å². The van der Waals surface area contributed by atoms with Crippen LogP contribution in [0.1, 0.15) is 48.4 Å². The molecule has 0 atom stereocenters. The third kappa shape index (κ3) is 3.05. The maximum atomic E-state index is 11.5. The van der Waals surface area contributed by atoms with Crippen molar-refractivity contribution in [2.24, 2.45) is 0 Å². The smallest absolute Gasteiger partial charge is 0.338 e. The van der Waals surface area contributed by atoms with Crippen molar-refractivity contribution in [1.82, 2.24) is 4.98 Å². The van der Waals surface area contributed by atoms with Crippen LogP contribution in [0.15, 0.2) is 12.1 Å². The molecular formula is C12H17NO2. The summed E-state index contributed by atoms with van der Waals surface area (Å²) < 4.78 is 4.95. The summed E-state index contributed by atoms with van der Waals surface area (Å²) >= 11 is 0. The van der Waals surface area contributed by atoms with Gasteiger partial charge in [0.25, 0.3) is 0 Å². The molecular weight excluding hydrogens is 190 g/mol. The van der Waals surface area contributed by atoms with Gasteiger partial charge in [-0.25, -0.2) is 4.79 Å². The summed E-state index contributed by atoms with van der Waals surface area (Å²) in [5, 5.41) is 0. The number of hydrogen-bond donors (Lipinski definition) is 0. The quantitative estimate of drug-likeness (QED) is 0.715. The Bertz CT molecular complexity index is 359. The number of pyridine rings is 1. The number of ether oxygens (including phenoxy) is 1. The molecule has 1 aromatic rings. The van der Waals surface area contributed by atoms with Crippen molar-refractivity contribution in [2.75, 3.05) is 6.61 Å². The van der Waals surface area contributed by atoms with Crippen LogP contribution in [0, 0.1) is 6.92 Å².